The molecule has 1 fully saturated rings. The summed E-state index contributed by atoms with van der Waals surface area (Å²) in [4.78, 5) is 27.5. The van der Waals surface area contributed by atoms with Gasteiger partial charge in [-0.05, 0) is 41.5 Å². The average molecular weight is 377 g/mol. The minimum atomic E-state index is -0.884. The van der Waals surface area contributed by atoms with Gasteiger partial charge in [0.25, 0.3) is 5.91 Å². The number of carbonyl (C=O) groups excluding carboxylic acids is 2. The molecule has 1 aliphatic heterocycles. The topological polar surface area (TPSA) is 86.9 Å². The normalized spacial score (nSPS) is 15.1. The van der Waals surface area contributed by atoms with E-state index < -0.39 is 11.7 Å². The first-order valence-corrected chi connectivity index (χ1v) is 9.10. The predicted molar refractivity (Wildman–Crippen MR) is 111 cm³/mol. The van der Waals surface area contributed by atoms with Crippen LogP contribution in [0.4, 0.5) is 5.69 Å². The van der Waals surface area contributed by atoms with E-state index in [9.17, 15) is 14.7 Å². The summed E-state index contributed by atoms with van der Waals surface area (Å²) in [7, 11) is 0. The van der Waals surface area contributed by atoms with Crippen molar-refractivity contribution < 1.29 is 14.7 Å². The van der Waals surface area contributed by atoms with E-state index in [-0.39, 0.29) is 5.91 Å². The molecule has 0 aromatic heterocycles. The van der Waals surface area contributed by atoms with Gasteiger partial charge >= 0.3 is 0 Å². The van der Waals surface area contributed by atoms with Crippen LogP contribution in [-0.4, -0.2) is 48.0 Å². The molecule has 6 heteroatoms. The molecule has 0 atom stereocenters. The molecule has 0 aliphatic carbocycles. The van der Waals surface area contributed by atoms with E-state index in [0.717, 1.165) is 18.7 Å². The van der Waals surface area contributed by atoms with Gasteiger partial charge in [-0.2, -0.15) is 0 Å². The monoisotopic (exact) mass is 377 g/mol. The molecule has 1 heterocycles. The molecule has 2 aromatic carbocycles. The van der Waals surface area contributed by atoms with Crippen LogP contribution >= 0.6 is 0 Å². The number of carbonyl (C=O) groups is 2. The fraction of sp³-hybridized carbons (Fsp3) is 0.182. The molecule has 28 heavy (non-hydrogen) atoms. The van der Waals surface area contributed by atoms with Crippen LogP contribution in [0.5, 0.6) is 0 Å². The second-order valence-corrected chi connectivity index (χ2v) is 6.55. The Labute approximate surface area is 164 Å². The Morgan fingerprint density at radius 1 is 0.929 bits per heavy atom. The first-order valence-electron chi connectivity index (χ1n) is 9.10. The summed E-state index contributed by atoms with van der Waals surface area (Å²) in [5, 5.41) is 9.47. The molecule has 3 N–H and O–H groups in total. The van der Waals surface area contributed by atoms with E-state index in [1.807, 2.05) is 29.2 Å². The summed E-state index contributed by atoms with van der Waals surface area (Å²) in [6.07, 6.45) is 4.57. The molecule has 1 aliphatic rings. The van der Waals surface area contributed by atoms with Crippen LogP contribution in [0.25, 0.3) is 12.2 Å². The Kier molecular flexibility index (Phi) is 6.11. The van der Waals surface area contributed by atoms with Gasteiger partial charge in [0.2, 0.25) is 5.91 Å². The van der Waals surface area contributed by atoms with Gasteiger partial charge in [-0.3, -0.25) is 9.59 Å². The third kappa shape index (κ3) is 5.01. The fourth-order valence-electron chi connectivity index (χ4n) is 3.08. The molecule has 144 valence electrons. The lowest BCUT2D eigenvalue weighted by Crippen LogP contribution is -2.48. The van der Waals surface area contributed by atoms with Crippen LogP contribution in [0.2, 0.25) is 0 Å². The number of nitrogens with two attached hydrogens (primary N) is 1. The number of hydrogen-bond acceptors (Lipinski definition) is 4. The van der Waals surface area contributed by atoms with Crippen molar-refractivity contribution >= 4 is 29.7 Å². The Balaban J connectivity index is 1.59. The van der Waals surface area contributed by atoms with E-state index in [1.165, 1.54) is 11.8 Å². The van der Waals surface area contributed by atoms with Crippen molar-refractivity contribution in [1.29, 1.82) is 0 Å². The van der Waals surface area contributed by atoms with Crippen molar-refractivity contribution in [3.8, 4) is 0 Å². The third-order valence-corrected chi connectivity index (χ3v) is 4.60. The standard InChI is InChI=1S/C22H23N3O3/c23-22(28)20(26)16-18-6-4-5-17(15-18)9-10-21(27)25-13-11-24(12-14-25)19-7-2-1-3-8-19/h1-10,15-16,26H,11-14H2,(H2,23,28)/b10-9+,20-16?. The summed E-state index contributed by atoms with van der Waals surface area (Å²) >= 11 is 0. The maximum atomic E-state index is 12.5. The van der Waals surface area contributed by atoms with Gasteiger partial charge in [-0.25, -0.2) is 0 Å². The summed E-state index contributed by atoms with van der Waals surface area (Å²) < 4.78 is 0. The van der Waals surface area contributed by atoms with E-state index in [4.69, 9.17) is 5.73 Å². The van der Waals surface area contributed by atoms with Crippen LogP contribution < -0.4 is 10.6 Å². The summed E-state index contributed by atoms with van der Waals surface area (Å²) in [6.45, 7) is 2.95. The summed E-state index contributed by atoms with van der Waals surface area (Å²) in [5.41, 5.74) is 7.62. The fourth-order valence-corrected chi connectivity index (χ4v) is 3.08. The van der Waals surface area contributed by atoms with Crippen molar-refractivity contribution in [2.45, 2.75) is 0 Å². The highest BCUT2D eigenvalue weighted by Gasteiger charge is 2.19. The minimum absolute atomic E-state index is 0.0337. The SMILES string of the molecule is NC(=O)C(O)=Cc1cccc(/C=C/C(=O)N2CCN(c3ccccc3)CC2)c1. The lowest BCUT2D eigenvalue weighted by Gasteiger charge is -2.35. The van der Waals surface area contributed by atoms with Crippen molar-refractivity contribution in [3.05, 3.63) is 77.6 Å². The molecule has 0 unspecified atom stereocenters. The van der Waals surface area contributed by atoms with Crippen LogP contribution in [0.1, 0.15) is 11.1 Å². The van der Waals surface area contributed by atoms with Gasteiger partial charge in [0.15, 0.2) is 5.76 Å². The molecular formula is C22H23N3O3. The van der Waals surface area contributed by atoms with Gasteiger partial charge in [0.05, 0.1) is 0 Å². The molecule has 6 nitrogen and oxygen atoms in total. The number of hydrogen-bond donors (Lipinski definition) is 2. The molecular weight excluding hydrogens is 354 g/mol. The lowest BCUT2D eigenvalue weighted by molar-refractivity contribution is -0.126. The van der Waals surface area contributed by atoms with Crippen LogP contribution in [0, 0.1) is 0 Å². The van der Waals surface area contributed by atoms with E-state index in [0.29, 0.717) is 18.7 Å². The molecule has 3 rings (SSSR count). The lowest BCUT2D eigenvalue weighted by atomic mass is 10.1. The first-order chi connectivity index (χ1) is 13.5. The highest BCUT2D eigenvalue weighted by Crippen LogP contribution is 2.16. The van der Waals surface area contributed by atoms with Crippen LogP contribution in [0.3, 0.4) is 0 Å². The van der Waals surface area contributed by atoms with E-state index in [2.05, 4.69) is 17.0 Å². The van der Waals surface area contributed by atoms with Crippen LogP contribution in [-0.2, 0) is 9.59 Å². The van der Waals surface area contributed by atoms with E-state index in [1.54, 1.807) is 30.4 Å². The molecule has 0 bridgehead atoms. The number of primary amides is 1. The minimum Gasteiger partial charge on any atom is -0.503 e. The van der Waals surface area contributed by atoms with Crippen molar-refractivity contribution in [1.82, 2.24) is 4.90 Å². The smallest absolute Gasteiger partial charge is 0.283 e. The number of benzene rings is 2. The Bertz CT molecular complexity index is 898. The van der Waals surface area contributed by atoms with Gasteiger partial charge in [-0.1, -0.05) is 36.4 Å². The van der Waals surface area contributed by atoms with Gasteiger partial charge in [-0.15, -0.1) is 0 Å². The second-order valence-electron chi connectivity index (χ2n) is 6.55. The molecule has 0 spiro atoms. The number of para-hydroxylation sites is 1. The highest BCUT2D eigenvalue weighted by molar-refractivity contribution is 5.94. The van der Waals surface area contributed by atoms with E-state index >= 15 is 0 Å². The predicted octanol–water partition coefficient (Wildman–Crippen LogP) is 2.43. The number of amides is 2. The first kappa shape index (κ1) is 19.2. The van der Waals surface area contributed by atoms with Gasteiger partial charge < -0.3 is 20.6 Å². The van der Waals surface area contributed by atoms with Crippen LogP contribution in [0.15, 0.2) is 66.4 Å². The zero-order valence-electron chi connectivity index (χ0n) is 15.5. The van der Waals surface area contributed by atoms with Crippen molar-refractivity contribution in [2.24, 2.45) is 5.73 Å². The average Bonchev–Trinajstić information content (AvgIpc) is 2.73. The number of piperazine rings is 1. The zero-order valence-corrected chi connectivity index (χ0v) is 15.5. The van der Waals surface area contributed by atoms with Crippen molar-refractivity contribution in [2.75, 3.05) is 31.1 Å². The maximum absolute atomic E-state index is 12.5. The Morgan fingerprint density at radius 2 is 1.61 bits per heavy atom. The number of nitrogens with zero attached hydrogens (tertiary/aromatic N) is 2. The number of aliphatic hydroxyl groups excluding tert-OH is 1. The van der Waals surface area contributed by atoms with Gasteiger partial charge in [0, 0.05) is 37.9 Å². The molecule has 0 radical (unpaired) electrons. The molecule has 0 saturated carbocycles. The summed E-state index contributed by atoms with van der Waals surface area (Å²) in [6, 6.07) is 17.3. The Morgan fingerprint density at radius 3 is 2.29 bits per heavy atom. The molecule has 2 amide bonds. The van der Waals surface area contributed by atoms with Crippen molar-refractivity contribution in [3.63, 3.8) is 0 Å². The highest BCUT2D eigenvalue weighted by atomic mass is 16.3. The number of aliphatic hydroxyl groups is 1. The maximum Gasteiger partial charge on any atom is 0.283 e. The largest absolute Gasteiger partial charge is 0.503 e. The third-order valence-electron chi connectivity index (χ3n) is 4.60. The number of rotatable bonds is 5. The second kappa shape index (κ2) is 8.90. The molecule has 2 aromatic rings. The quantitative estimate of drug-likeness (QED) is 0.619. The zero-order chi connectivity index (χ0) is 19.9. The Hall–Kier alpha value is -3.54. The van der Waals surface area contributed by atoms with Gasteiger partial charge in [0.1, 0.15) is 0 Å². The summed E-state index contributed by atoms with van der Waals surface area (Å²) in [5.74, 6) is -1.42. The number of anilines is 1. The molecule has 1 saturated heterocycles.